The second-order valence-electron chi connectivity index (χ2n) is 5.66. The lowest BCUT2D eigenvalue weighted by Crippen LogP contribution is -2.50. The molecule has 0 radical (unpaired) electrons. The Hall–Kier alpha value is -1.67. The van der Waals surface area contributed by atoms with Gasteiger partial charge in [-0.1, -0.05) is 13.8 Å². The summed E-state index contributed by atoms with van der Waals surface area (Å²) in [6, 6.07) is 1.95. The Kier molecular flexibility index (Phi) is 3.37. The lowest BCUT2D eigenvalue weighted by Gasteiger charge is -2.37. The van der Waals surface area contributed by atoms with E-state index in [1.807, 2.05) is 33.2 Å². The van der Waals surface area contributed by atoms with E-state index in [2.05, 4.69) is 10.1 Å². The number of aryl methyl sites for hydroxylation is 1. The lowest BCUT2D eigenvalue weighted by molar-refractivity contribution is 0.191. The van der Waals surface area contributed by atoms with Gasteiger partial charge < -0.3 is 4.57 Å². The third-order valence-corrected chi connectivity index (χ3v) is 5.44. The number of rotatable bonds is 4. The monoisotopic (exact) mass is 309 g/mol. The molecule has 1 fully saturated rings. The summed E-state index contributed by atoms with van der Waals surface area (Å²) in [4.78, 5) is 4.28. The molecule has 3 heterocycles. The highest BCUT2D eigenvalue weighted by Gasteiger charge is 2.39. The molecule has 0 bridgehead atoms. The average molecular weight is 309 g/mol. The fourth-order valence-corrected chi connectivity index (χ4v) is 4.02. The Morgan fingerprint density at radius 1 is 1.33 bits per heavy atom. The topological polar surface area (TPSA) is 73.0 Å². The van der Waals surface area contributed by atoms with Crippen molar-refractivity contribution >= 4 is 10.0 Å². The molecule has 1 saturated heterocycles. The maximum Gasteiger partial charge on any atom is 0.262 e. The largest absolute Gasteiger partial charge is 0.336 e. The van der Waals surface area contributed by atoms with Crippen LogP contribution >= 0.6 is 0 Å². The standard InChI is InChI=1S/C13H19N5O2S/c1-10(2)13-15-12(9-16(13)3)21(19,20)17-7-11(8-17)18-6-4-5-14-18/h4-6,9-11H,7-8H2,1-3H3. The maximum atomic E-state index is 12.5. The molecule has 0 N–H and O–H groups in total. The van der Waals surface area contributed by atoms with E-state index in [0.717, 1.165) is 5.82 Å². The first-order valence-corrected chi connectivity index (χ1v) is 8.36. The summed E-state index contributed by atoms with van der Waals surface area (Å²) in [6.45, 7) is 4.88. The molecule has 0 saturated carbocycles. The highest BCUT2D eigenvalue weighted by molar-refractivity contribution is 7.89. The van der Waals surface area contributed by atoms with Crippen LogP contribution in [0, 0.1) is 0 Å². The van der Waals surface area contributed by atoms with Crippen molar-refractivity contribution in [1.29, 1.82) is 0 Å². The Labute approximate surface area is 124 Å². The van der Waals surface area contributed by atoms with Crippen LogP contribution in [0.5, 0.6) is 0 Å². The van der Waals surface area contributed by atoms with E-state index >= 15 is 0 Å². The highest BCUT2D eigenvalue weighted by atomic mass is 32.2. The minimum absolute atomic E-state index is 0.114. The van der Waals surface area contributed by atoms with Crippen LogP contribution in [0.25, 0.3) is 0 Å². The molecule has 3 rings (SSSR count). The Bertz CT molecular complexity index is 727. The van der Waals surface area contributed by atoms with Gasteiger partial charge in [0, 0.05) is 44.6 Å². The van der Waals surface area contributed by atoms with Crippen LogP contribution in [-0.4, -0.2) is 45.1 Å². The third-order valence-electron chi connectivity index (χ3n) is 3.74. The molecule has 2 aromatic heterocycles. The molecule has 0 unspecified atom stereocenters. The van der Waals surface area contributed by atoms with E-state index in [4.69, 9.17) is 0 Å². The quantitative estimate of drug-likeness (QED) is 0.844. The van der Waals surface area contributed by atoms with Crippen molar-refractivity contribution in [1.82, 2.24) is 23.6 Å². The number of imidazole rings is 1. The van der Waals surface area contributed by atoms with Gasteiger partial charge in [0.1, 0.15) is 5.82 Å². The molecule has 0 aromatic carbocycles. The first kappa shape index (κ1) is 14.3. The van der Waals surface area contributed by atoms with Crippen molar-refractivity contribution in [2.45, 2.75) is 30.8 Å². The second kappa shape index (κ2) is 4.96. The van der Waals surface area contributed by atoms with Crippen LogP contribution in [0.1, 0.15) is 31.6 Å². The van der Waals surface area contributed by atoms with E-state index < -0.39 is 10.0 Å². The maximum absolute atomic E-state index is 12.5. The summed E-state index contributed by atoms with van der Waals surface area (Å²) in [5.41, 5.74) is 0. The fraction of sp³-hybridized carbons (Fsp3) is 0.538. The van der Waals surface area contributed by atoms with Crippen LogP contribution in [-0.2, 0) is 17.1 Å². The summed E-state index contributed by atoms with van der Waals surface area (Å²) in [5, 5.41) is 4.28. The van der Waals surface area contributed by atoms with Crippen LogP contribution in [0.2, 0.25) is 0 Å². The Morgan fingerprint density at radius 2 is 2.05 bits per heavy atom. The van der Waals surface area contributed by atoms with Crippen LogP contribution < -0.4 is 0 Å². The fourth-order valence-electron chi connectivity index (χ4n) is 2.52. The molecule has 21 heavy (non-hydrogen) atoms. The predicted octanol–water partition coefficient (Wildman–Crippen LogP) is 0.986. The van der Waals surface area contributed by atoms with Gasteiger partial charge in [-0.3, -0.25) is 4.68 Å². The van der Waals surface area contributed by atoms with Crippen molar-refractivity contribution in [3.05, 3.63) is 30.5 Å². The number of nitrogens with zero attached hydrogens (tertiary/aromatic N) is 5. The molecule has 0 spiro atoms. The zero-order valence-corrected chi connectivity index (χ0v) is 13.2. The number of hydrogen-bond donors (Lipinski definition) is 0. The summed E-state index contributed by atoms with van der Waals surface area (Å²) in [7, 11) is -1.68. The highest BCUT2D eigenvalue weighted by Crippen LogP contribution is 2.28. The second-order valence-corrected chi connectivity index (χ2v) is 7.55. The van der Waals surface area contributed by atoms with E-state index in [1.54, 1.807) is 21.6 Å². The molecule has 1 aliphatic heterocycles. The first-order valence-electron chi connectivity index (χ1n) is 6.92. The van der Waals surface area contributed by atoms with Crippen molar-refractivity contribution < 1.29 is 8.42 Å². The molecule has 114 valence electrons. The molecule has 1 aliphatic rings. The van der Waals surface area contributed by atoms with Gasteiger partial charge in [-0.05, 0) is 6.07 Å². The zero-order valence-electron chi connectivity index (χ0n) is 12.3. The van der Waals surface area contributed by atoms with Crippen molar-refractivity contribution in [2.24, 2.45) is 7.05 Å². The lowest BCUT2D eigenvalue weighted by atomic mass is 10.2. The van der Waals surface area contributed by atoms with Crippen LogP contribution in [0.3, 0.4) is 0 Å². The summed E-state index contributed by atoms with van der Waals surface area (Å²) >= 11 is 0. The van der Waals surface area contributed by atoms with Crippen LogP contribution in [0.15, 0.2) is 29.7 Å². The number of hydrogen-bond acceptors (Lipinski definition) is 4. The van der Waals surface area contributed by atoms with Gasteiger partial charge in [-0.2, -0.15) is 9.40 Å². The normalized spacial score (nSPS) is 17.3. The minimum atomic E-state index is -3.50. The van der Waals surface area contributed by atoms with Crippen molar-refractivity contribution in [3.63, 3.8) is 0 Å². The Morgan fingerprint density at radius 3 is 2.57 bits per heavy atom. The van der Waals surface area contributed by atoms with Crippen LogP contribution in [0.4, 0.5) is 0 Å². The molecular weight excluding hydrogens is 290 g/mol. The smallest absolute Gasteiger partial charge is 0.262 e. The van der Waals surface area contributed by atoms with Crippen molar-refractivity contribution in [2.75, 3.05) is 13.1 Å². The minimum Gasteiger partial charge on any atom is -0.336 e. The average Bonchev–Trinajstić information content (AvgIpc) is 2.96. The molecule has 0 amide bonds. The van der Waals surface area contributed by atoms with Gasteiger partial charge in [0.05, 0.1) is 6.04 Å². The zero-order chi connectivity index (χ0) is 15.2. The predicted molar refractivity (Wildman–Crippen MR) is 77.3 cm³/mol. The summed E-state index contributed by atoms with van der Waals surface area (Å²) in [6.07, 6.45) is 5.14. The molecule has 8 heteroatoms. The molecular formula is C13H19N5O2S. The summed E-state index contributed by atoms with van der Waals surface area (Å²) in [5.74, 6) is 0.963. The van der Waals surface area contributed by atoms with Gasteiger partial charge in [0.15, 0.2) is 5.03 Å². The van der Waals surface area contributed by atoms with Gasteiger partial charge in [-0.25, -0.2) is 13.4 Å². The molecule has 7 nitrogen and oxygen atoms in total. The van der Waals surface area contributed by atoms with Gasteiger partial charge >= 0.3 is 0 Å². The van der Waals surface area contributed by atoms with E-state index in [-0.39, 0.29) is 17.0 Å². The van der Waals surface area contributed by atoms with Gasteiger partial charge in [0.25, 0.3) is 10.0 Å². The molecule has 0 atom stereocenters. The van der Waals surface area contributed by atoms with Gasteiger partial charge in [0.2, 0.25) is 0 Å². The first-order chi connectivity index (χ1) is 9.89. The molecule has 0 aliphatic carbocycles. The van der Waals surface area contributed by atoms with E-state index in [1.165, 1.54) is 4.31 Å². The third kappa shape index (κ3) is 2.38. The molecule has 2 aromatic rings. The number of sulfonamides is 1. The van der Waals surface area contributed by atoms with E-state index in [0.29, 0.717) is 13.1 Å². The number of aromatic nitrogens is 4. The van der Waals surface area contributed by atoms with E-state index in [9.17, 15) is 8.42 Å². The SMILES string of the molecule is CC(C)c1nc(S(=O)(=O)N2CC(n3cccn3)C2)cn1C. The summed E-state index contributed by atoms with van der Waals surface area (Å²) < 4.78 is 30.1. The van der Waals surface area contributed by atoms with Crippen molar-refractivity contribution in [3.8, 4) is 0 Å². The Balaban J connectivity index is 1.78. The van der Waals surface area contributed by atoms with Gasteiger partial charge in [-0.15, -0.1) is 0 Å².